The van der Waals surface area contributed by atoms with Crippen molar-refractivity contribution in [1.82, 2.24) is 4.31 Å². The van der Waals surface area contributed by atoms with Crippen LogP contribution in [0.5, 0.6) is 0 Å². The second-order valence-corrected chi connectivity index (χ2v) is 10.3. The van der Waals surface area contributed by atoms with E-state index >= 15 is 0 Å². The minimum atomic E-state index is -3.51. The van der Waals surface area contributed by atoms with Crippen LogP contribution in [-0.2, 0) is 10.0 Å². The summed E-state index contributed by atoms with van der Waals surface area (Å²) in [5.41, 5.74) is 2.81. The molecule has 1 aromatic heterocycles. The van der Waals surface area contributed by atoms with E-state index in [0.717, 1.165) is 42.4 Å². The van der Waals surface area contributed by atoms with Crippen LogP contribution in [0.4, 0.5) is 0 Å². The summed E-state index contributed by atoms with van der Waals surface area (Å²) in [7, 11) is -3.51. The van der Waals surface area contributed by atoms with E-state index in [4.69, 9.17) is 0 Å². The van der Waals surface area contributed by atoms with Gasteiger partial charge in [-0.25, -0.2) is 8.42 Å². The molecule has 2 heterocycles. The fourth-order valence-electron chi connectivity index (χ4n) is 3.98. The maximum Gasteiger partial charge on any atom is 0.244 e. The lowest BCUT2D eigenvalue weighted by atomic mass is 10.1. The number of aryl methyl sites for hydroxylation is 4. The van der Waals surface area contributed by atoms with Crippen molar-refractivity contribution in [2.45, 2.75) is 64.3 Å². The highest BCUT2D eigenvalue weighted by molar-refractivity contribution is 7.89. The Kier molecular flexibility index (Phi) is 5.37. The molecular formula is C20H27NO2S2. The summed E-state index contributed by atoms with van der Waals surface area (Å²) in [6.07, 6.45) is 4.02. The van der Waals surface area contributed by atoms with Gasteiger partial charge in [0.15, 0.2) is 0 Å². The van der Waals surface area contributed by atoms with Crippen LogP contribution in [-0.4, -0.2) is 19.3 Å². The lowest BCUT2D eigenvalue weighted by Crippen LogP contribution is -2.35. The van der Waals surface area contributed by atoms with Gasteiger partial charge in [0.1, 0.15) is 0 Å². The number of hydrogen-bond acceptors (Lipinski definition) is 3. The predicted molar refractivity (Wildman–Crippen MR) is 105 cm³/mol. The lowest BCUT2D eigenvalue weighted by molar-refractivity contribution is 0.332. The lowest BCUT2D eigenvalue weighted by Gasteiger charge is -2.30. The van der Waals surface area contributed by atoms with E-state index < -0.39 is 10.0 Å². The molecule has 3 nitrogen and oxygen atoms in total. The molecule has 1 aromatic carbocycles. The monoisotopic (exact) mass is 377 g/mol. The van der Waals surface area contributed by atoms with Crippen molar-refractivity contribution in [2.24, 2.45) is 0 Å². The molecule has 1 fully saturated rings. The van der Waals surface area contributed by atoms with E-state index in [0.29, 0.717) is 11.4 Å². The van der Waals surface area contributed by atoms with Crippen LogP contribution in [0.2, 0.25) is 0 Å². The van der Waals surface area contributed by atoms with Gasteiger partial charge in [-0.3, -0.25) is 0 Å². The number of nitrogens with zero attached hydrogens (tertiary/aromatic N) is 1. The first-order chi connectivity index (χ1) is 11.8. The van der Waals surface area contributed by atoms with Crippen molar-refractivity contribution in [2.75, 3.05) is 6.54 Å². The number of benzene rings is 1. The minimum absolute atomic E-state index is 0.0358. The largest absolute Gasteiger partial charge is 0.244 e. The maximum absolute atomic E-state index is 13.6. The summed E-state index contributed by atoms with van der Waals surface area (Å²) in [5, 5.41) is 0. The summed E-state index contributed by atoms with van der Waals surface area (Å²) in [4.78, 5) is 2.91. The number of hydrogen-bond donors (Lipinski definition) is 0. The van der Waals surface area contributed by atoms with Gasteiger partial charge >= 0.3 is 0 Å². The second kappa shape index (κ2) is 7.22. The van der Waals surface area contributed by atoms with Crippen molar-refractivity contribution in [1.29, 1.82) is 0 Å². The summed E-state index contributed by atoms with van der Waals surface area (Å²) >= 11 is 1.72. The average molecular weight is 378 g/mol. The quantitative estimate of drug-likeness (QED) is 0.729. The molecule has 25 heavy (non-hydrogen) atoms. The Hall–Kier alpha value is -1.17. The van der Waals surface area contributed by atoms with Crippen LogP contribution in [0.15, 0.2) is 29.2 Å². The molecule has 0 N–H and O–H groups in total. The topological polar surface area (TPSA) is 37.4 Å². The molecule has 2 aromatic rings. The van der Waals surface area contributed by atoms with Gasteiger partial charge in [0.25, 0.3) is 0 Å². The van der Waals surface area contributed by atoms with Crippen LogP contribution in [0.1, 0.15) is 58.2 Å². The molecule has 0 spiro atoms. The summed E-state index contributed by atoms with van der Waals surface area (Å²) in [6.45, 7) is 8.53. The van der Waals surface area contributed by atoms with Crippen molar-refractivity contribution >= 4 is 21.4 Å². The molecular weight excluding hydrogens is 350 g/mol. The molecule has 0 bridgehead atoms. The van der Waals surface area contributed by atoms with E-state index in [1.165, 1.54) is 9.75 Å². The zero-order valence-electron chi connectivity index (χ0n) is 15.5. The second-order valence-electron chi connectivity index (χ2n) is 7.16. The molecule has 1 aliphatic heterocycles. The van der Waals surface area contributed by atoms with Crippen LogP contribution in [0.25, 0.3) is 0 Å². The van der Waals surface area contributed by atoms with Gasteiger partial charge in [0.05, 0.1) is 10.9 Å². The molecule has 0 unspecified atom stereocenters. The Balaban J connectivity index is 2.09. The fraction of sp³-hybridized carbons (Fsp3) is 0.500. The Labute approximate surface area is 155 Å². The number of rotatable bonds is 3. The minimum Gasteiger partial charge on any atom is -0.207 e. The third kappa shape index (κ3) is 3.69. The van der Waals surface area contributed by atoms with Gasteiger partial charge in [-0.05, 0) is 63.8 Å². The van der Waals surface area contributed by atoms with Gasteiger partial charge < -0.3 is 0 Å². The zero-order valence-corrected chi connectivity index (χ0v) is 17.1. The summed E-state index contributed by atoms with van der Waals surface area (Å²) < 4.78 is 29.0. The van der Waals surface area contributed by atoms with Gasteiger partial charge in [0.2, 0.25) is 10.0 Å². The van der Waals surface area contributed by atoms with E-state index in [2.05, 4.69) is 19.1 Å². The standard InChI is InChI=1S/C20H27NO2S2/c1-14-12-15(2)20(16(3)13-14)25(22,23)21-11-7-5-6-8-18(21)19-10-9-17(4)24-19/h9-10,12-13,18H,5-8,11H2,1-4H3/t18-/m1/s1. The van der Waals surface area contributed by atoms with Crippen molar-refractivity contribution in [3.63, 3.8) is 0 Å². The first-order valence-electron chi connectivity index (χ1n) is 8.97. The molecule has 0 aliphatic carbocycles. The highest BCUT2D eigenvalue weighted by atomic mass is 32.2. The number of thiophene rings is 1. The van der Waals surface area contributed by atoms with Crippen LogP contribution >= 0.6 is 11.3 Å². The normalized spacial score (nSPS) is 19.8. The van der Waals surface area contributed by atoms with Crippen molar-refractivity contribution in [3.8, 4) is 0 Å². The molecule has 1 atom stereocenters. The number of sulfonamides is 1. The van der Waals surface area contributed by atoms with Gasteiger partial charge in [-0.15, -0.1) is 11.3 Å². The first-order valence-corrected chi connectivity index (χ1v) is 11.2. The maximum atomic E-state index is 13.6. The Morgan fingerprint density at radius 2 is 1.68 bits per heavy atom. The van der Waals surface area contributed by atoms with Gasteiger partial charge in [-0.1, -0.05) is 30.5 Å². The van der Waals surface area contributed by atoms with Gasteiger partial charge in [0, 0.05) is 16.3 Å². The third-order valence-corrected chi connectivity index (χ3v) is 8.28. The predicted octanol–water partition coefficient (Wildman–Crippen LogP) is 5.29. The Morgan fingerprint density at radius 1 is 1.00 bits per heavy atom. The Bertz CT molecular complexity index is 845. The van der Waals surface area contributed by atoms with E-state index in [9.17, 15) is 8.42 Å². The van der Waals surface area contributed by atoms with E-state index in [-0.39, 0.29) is 6.04 Å². The van der Waals surface area contributed by atoms with Crippen LogP contribution in [0.3, 0.4) is 0 Å². The van der Waals surface area contributed by atoms with Crippen LogP contribution in [0, 0.1) is 27.7 Å². The Morgan fingerprint density at radius 3 is 2.28 bits per heavy atom. The molecule has 1 aliphatic rings. The molecule has 0 amide bonds. The molecule has 3 rings (SSSR count). The third-order valence-electron chi connectivity index (χ3n) is 4.96. The first kappa shape index (κ1) is 18.6. The van der Waals surface area contributed by atoms with Crippen molar-refractivity contribution in [3.05, 3.63) is 50.7 Å². The van der Waals surface area contributed by atoms with Gasteiger partial charge in [-0.2, -0.15) is 4.31 Å². The molecule has 136 valence electrons. The summed E-state index contributed by atoms with van der Waals surface area (Å²) in [5.74, 6) is 0. The molecule has 1 saturated heterocycles. The van der Waals surface area contributed by atoms with Crippen LogP contribution < -0.4 is 0 Å². The highest BCUT2D eigenvalue weighted by Crippen LogP contribution is 2.38. The zero-order chi connectivity index (χ0) is 18.2. The highest BCUT2D eigenvalue weighted by Gasteiger charge is 2.35. The fourth-order valence-corrected chi connectivity index (χ4v) is 7.16. The smallest absolute Gasteiger partial charge is 0.207 e. The summed E-state index contributed by atoms with van der Waals surface area (Å²) in [6, 6.07) is 8.11. The molecule has 0 saturated carbocycles. The molecule has 0 radical (unpaired) electrons. The average Bonchev–Trinajstić information content (AvgIpc) is 2.79. The molecule has 5 heteroatoms. The SMILES string of the molecule is Cc1cc(C)c(S(=O)(=O)N2CCCCC[C@@H]2c2ccc(C)s2)c(C)c1. The van der Waals surface area contributed by atoms with E-state index in [1.54, 1.807) is 15.6 Å². The van der Waals surface area contributed by atoms with Crippen molar-refractivity contribution < 1.29 is 8.42 Å². The van der Waals surface area contributed by atoms with E-state index in [1.807, 2.05) is 32.9 Å².